The van der Waals surface area contributed by atoms with E-state index in [1.807, 2.05) is 13.0 Å². The van der Waals surface area contributed by atoms with Crippen molar-refractivity contribution in [1.82, 2.24) is 19.9 Å². The second kappa shape index (κ2) is 9.55. The number of nitrogens with zero attached hydrogens (tertiary/aromatic N) is 3. The topological polar surface area (TPSA) is 97.1 Å². The quantitative estimate of drug-likeness (QED) is 0.496. The summed E-state index contributed by atoms with van der Waals surface area (Å²) in [6.07, 6.45) is 9.56. The molecular weight excluding hydrogens is 464 g/mol. The molecule has 0 aliphatic heterocycles. The Hall–Kier alpha value is -2.70. The van der Waals surface area contributed by atoms with Crippen LogP contribution in [0.4, 0.5) is 0 Å². The minimum Gasteiger partial charge on any atom is -0.481 e. The van der Waals surface area contributed by atoms with Gasteiger partial charge in [-0.15, -0.1) is 0 Å². The van der Waals surface area contributed by atoms with Gasteiger partial charge in [0.2, 0.25) is 0 Å². The van der Waals surface area contributed by atoms with Gasteiger partial charge in [-0.05, 0) is 63.5 Å². The standard InChI is InChI=1S/C30H42N4O3/c1-18-22(26(35)31-21-13-20(14-21)27(36)37)15-24(34(18)17-19-9-7-6-8-10-19)23-16-25(30(5)11-12-30)33-28(32-23)29(2,3)4/h15-16,19-21H,6-14,17H2,1-5H3,(H,31,35)(H,36,37)/t20-,21-. The maximum absolute atomic E-state index is 13.4. The summed E-state index contributed by atoms with van der Waals surface area (Å²) < 4.78 is 2.32. The first-order valence-electron chi connectivity index (χ1n) is 14.1. The molecule has 0 spiro atoms. The summed E-state index contributed by atoms with van der Waals surface area (Å²) in [4.78, 5) is 34.7. The molecule has 0 unspecified atom stereocenters. The Morgan fingerprint density at radius 3 is 2.38 bits per heavy atom. The number of aliphatic carboxylic acids is 1. The summed E-state index contributed by atoms with van der Waals surface area (Å²) in [5.41, 5.74) is 4.54. The van der Waals surface area contributed by atoms with Crippen LogP contribution in [-0.2, 0) is 22.2 Å². The van der Waals surface area contributed by atoms with E-state index in [0.717, 1.165) is 48.0 Å². The summed E-state index contributed by atoms with van der Waals surface area (Å²) in [5.74, 6) is 0.200. The van der Waals surface area contributed by atoms with Gasteiger partial charge in [0, 0.05) is 29.1 Å². The van der Waals surface area contributed by atoms with Crippen LogP contribution in [0, 0.1) is 18.8 Å². The van der Waals surface area contributed by atoms with Gasteiger partial charge in [0.25, 0.3) is 5.91 Å². The maximum atomic E-state index is 13.4. The number of amides is 1. The van der Waals surface area contributed by atoms with E-state index in [1.54, 1.807) is 0 Å². The van der Waals surface area contributed by atoms with Gasteiger partial charge in [-0.3, -0.25) is 9.59 Å². The highest BCUT2D eigenvalue weighted by atomic mass is 16.4. The third-order valence-corrected chi connectivity index (χ3v) is 8.88. The van der Waals surface area contributed by atoms with Crippen molar-refractivity contribution in [3.05, 3.63) is 34.9 Å². The molecule has 0 radical (unpaired) electrons. The van der Waals surface area contributed by atoms with Gasteiger partial charge >= 0.3 is 5.97 Å². The number of aromatic nitrogens is 3. The first-order chi connectivity index (χ1) is 17.4. The number of hydrogen-bond acceptors (Lipinski definition) is 4. The number of carboxylic acids is 1. The third-order valence-electron chi connectivity index (χ3n) is 8.88. The number of carbonyl (C=O) groups is 2. The Bertz CT molecular complexity index is 1170. The average Bonchev–Trinajstić information content (AvgIpc) is 3.50. The molecule has 2 heterocycles. The molecule has 7 heteroatoms. The van der Waals surface area contributed by atoms with Crippen molar-refractivity contribution in [3.8, 4) is 11.4 Å². The van der Waals surface area contributed by atoms with Crippen LogP contribution in [0.3, 0.4) is 0 Å². The number of carbonyl (C=O) groups excluding carboxylic acids is 1. The Labute approximate surface area is 220 Å². The highest BCUT2D eigenvalue weighted by molar-refractivity contribution is 5.97. The van der Waals surface area contributed by atoms with E-state index in [9.17, 15) is 14.7 Å². The molecule has 3 aliphatic rings. The molecule has 3 fully saturated rings. The number of rotatable bonds is 7. The highest BCUT2D eigenvalue weighted by Crippen LogP contribution is 2.47. The van der Waals surface area contributed by atoms with Gasteiger partial charge in [-0.25, -0.2) is 9.97 Å². The Morgan fingerprint density at radius 2 is 1.78 bits per heavy atom. The van der Waals surface area contributed by atoms with Crippen molar-refractivity contribution in [1.29, 1.82) is 0 Å². The average molecular weight is 507 g/mol. The second-order valence-corrected chi connectivity index (χ2v) is 13.1. The van der Waals surface area contributed by atoms with Crippen molar-refractivity contribution >= 4 is 11.9 Å². The van der Waals surface area contributed by atoms with Crippen molar-refractivity contribution in [2.75, 3.05) is 0 Å². The van der Waals surface area contributed by atoms with Crippen LogP contribution in [0.5, 0.6) is 0 Å². The maximum Gasteiger partial charge on any atom is 0.306 e. The van der Waals surface area contributed by atoms with E-state index in [-0.39, 0.29) is 28.7 Å². The predicted octanol–water partition coefficient (Wildman–Crippen LogP) is 5.78. The summed E-state index contributed by atoms with van der Waals surface area (Å²) in [6.45, 7) is 11.7. The molecule has 2 aromatic heterocycles. The molecular formula is C30H42N4O3. The second-order valence-electron chi connectivity index (χ2n) is 13.1. The minimum atomic E-state index is -0.777. The van der Waals surface area contributed by atoms with Gasteiger partial charge in [0.15, 0.2) is 0 Å². The van der Waals surface area contributed by atoms with E-state index in [1.165, 1.54) is 32.1 Å². The lowest BCUT2D eigenvalue weighted by Gasteiger charge is -2.32. The molecule has 1 amide bonds. The fourth-order valence-corrected chi connectivity index (χ4v) is 5.82. The molecule has 3 saturated carbocycles. The highest BCUT2D eigenvalue weighted by Gasteiger charge is 2.42. The summed E-state index contributed by atoms with van der Waals surface area (Å²) in [7, 11) is 0. The van der Waals surface area contributed by atoms with Crippen LogP contribution in [0.15, 0.2) is 12.1 Å². The monoisotopic (exact) mass is 506 g/mol. The molecule has 3 aliphatic carbocycles. The SMILES string of the molecule is Cc1c(C(=O)N[C@H]2C[C@H](C(=O)O)C2)cc(-c2cc(C3(C)CC3)nc(C(C)(C)C)n2)n1CC1CCCCC1. The molecule has 0 atom stereocenters. The van der Waals surface area contributed by atoms with Crippen LogP contribution in [-0.4, -0.2) is 37.6 Å². The molecule has 2 N–H and O–H groups in total. The predicted molar refractivity (Wildman–Crippen MR) is 144 cm³/mol. The molecule has 5 rings (SSSR count). The lowest BCUT2D eigenvalue weighted by Crippen LogP contribution is -2.46. The molecule has 0 bridgehead atoms. The largest absolute Gasteiger partial charge is 0.481 e. The summed E-state index contributed by atoms with van der Waals surface area (Å²) in [6, 6.07) is 4.08. The zero-order valence-corrected chi connectivity index (χ0v) is 23.1. The van der Waals surface area contributed by atoms with Crippen LogP contribution in [0.25, 0.3) is 11.4 Å². The number of hydrogen-bond donors (Lipinski definition) is 2. The Kier molecular flexibility index (Phi) is 6.70. The Balaban J connectivity index is 1.52. The van der Waals surface area contributed by atoms with Crippen molar-refractivity contribution in [2.24, 2.45) is 11.8 Å². The molecule has 2 aromatic rings. The lowest BCUT2D eigenvalue weighted by atomic mass is 9.80. The van der Waals surface area contributed by atoms with Crippen LogP contribution < -0.4 is 5.32 Å². The van der Waals surface area contributed by atoms with Crippen LogP contribution >= 0.6 is 0 Å². The first kappa shape index (κ1) is 25.9. The van der Waals surface area contributed by atoms with Gasteiger partial charge in [0.1, 0.15) is 5.82 Å². The zero-order valence-electron chi connectivity index (χ0n) is 23.1. The smallest absolute Gasteiger partial charge is 0.306 e. The normalized spacial score (nSPS) is 23.4. The van der Waals surface area contributed by atoms with E-state index >= 15 is 0 Å². The fraction of sp³-hybridized carbons (Fsp3) is 0.667. The summed E-state index contributed by atoms with van der Waals surface area (Å²) >= 11 is 0. The lowest BCUT2D eigenvalue weighted by molar-refractivity contribution is -0.145. The summed E-state index contributed by atoms with van der Waals surface area (Å²) in [5, 5.41) is 12.3. The van der Waals surface area contributed by atoms with E-state index < -0.39 is 5.97 Å². The van der Waals surface area contributed by atoms with Gasteiger partial charge in [-0.1, -0.05) is 47.0 Å². The molecule has 7 nitrogen and oxygen atoms in total. The van der Waals surface area contributed by atoms with Crippen molar-refractivity contribution in [2.45, 2.75) is 116 Å². The third kappa shape index (κ3) is 5.32. The molecule has 0 aromatic carbocycles. The van der Waals surface area contributed by atoms with E-state index in [2.05, 4.69) is 43.6 Å². The molecule has 37 heavy (non-hydrogen) atoms. The van der Waals surface area contributed by atoms with E-state index in [0.29, 0.717) is 24.3 Å². The number of nitrogens with one attached hydrogen (secondary N) is 1. The number of carboxylic acid groups (broad SMARTS) is 1. The van der Waals surface area contributed by atoms with Crippen molar-refractivity contribution in [3.63, 3.8) is 0 Å². The fourth-order valence-electron chi connectivity index (χ4n) is 5.82. The molecule has 0 saturated heterocycles. The van der Waals surface area contributed by atoms with Crippen molar-refractivity contribution < 1.29 is 14.7 Å². The first-order valence-corrected chi connectivity index (χ1v) is 14.1. The van der Waals surface area contributed by atoms with Crippen LogP contribution in [0.2, 0.25) is 0 Å². The Morgan fingerprint density at radius 1 is 1.11 bits per heavy atom. The van der Waals surface area contributed by atoms with E-state index in [4.69, 9.17) is 9.97 Å². The van der Waals surface area contributed by atoms with Gasteiger partial charge in [-0.2, -0.15) is 0 Å². The molecule has 200 valence electrons. The zero-order chi connectivity index (χ0) is 26.5. The van der Waals surface area contributed by atoms with Gasteiger partial charge < -0.3 is 15.0 Å². The van der Waals surface area contributed by atoms with Crippen LogP contribution in [0.1, 0.15) is 113 Å². The minimum absolute atomic E-state index is 0.0777. The van der Waals surface area contributed by atoms with Gasteiger partial charge in [0.05, 0.1) is 28.6 Å².